The van der Waals surface area contributed by atoms with Crippen molar-refractivity contribution in [1.29, 1.82) is 0 Å². The predicted molar refractivity (Wildman–Crippen MR) is 84.2 cm³/mol. The first kappa shape index (κ1) is 17.9. The van der Waals surface area contributed by atoms with Crippen LogP contribution in [0.4, 0.5) is 0 Å². The van der Waals surface area contributed by atoms with Crippen molar-refractivity contribution in [3.8, 4) is 0 Å². The molecule has 4 nitrogen and oxygen atoms in total. The highest BCUT2D eigenvalue weighted by atomic mass is 16.5. The maximum atomic E-state index is 5.85. The Morgan fingerprint density at radius 2 is 1.80 bits per heavy atom. The average Bonchev–Trinajstić information content (AvgIpc) is 2.41. The molecule has 0 radical (unpaired) electrons. The number of rotatable bonds is 9. The Balaban J connectivity index is 1.85. The van der Waals surface area contributed by atoms with Gasteiger partial charge in [-0.3, -0.25) is 4.90 Å². The molecular weight excluding hydrogens is 252 g/mol. The number of nitrogens with one attached hydrogen (secondary N) is 1. The average molecular weight is 286 g/mol. The molecule has 1 rings (SSSR count). The lowest BCUT2D eigenvalue weighted by Gasteiger charge is -2.27. The summed E-state index contributed by atoms with van der Waals surface area (Å²) in [4.78, 5) is 2.49. The van der Waals surface area contributed by atoms with Crippen LogP contribution in [0.15, 0.2) is 0 Å². The molecule has 0 aromatic heterocycles. The maximum absolute atomic E-state index is 5.85. The molecule has 0 bridgehead atoms. The Morgan fingerprint density at radius 3 is 2.45 bits per heavy atom. The van der Waals surface area contributed by atoms with Gasteiger partial charge in [-0.2, -0.15) is 0 Å². The van der Waals surface area contributed by atoms with Gasteiger partial charge in [-0.15, -0.1) is 0 Å². The molecule has 0 aromatic carbocycles. The van der Waals surface area contributed by atoms with Crippen LogP contribution in [0.25, 0.3) is 0 Å². The topological polar surface area (TPSA) is 33.7 Å². The Kier molecular flexibility index (Phi) is 8.69. The van der Waals surface area contributed by atoms with Crippen molar-refractivity contribution in [2.24, 2.45) is 5.41 Å². The second kappa shape index (κ2) is 9.72. The van der Waals surface area contributed by atoms with Gasteiger partial charge in [0.15, 0.2) is 0 Å². The molecule has 120 valence electrons. The fourth-order valence-electron chi connectivity index (χ4n) is 2.08. The molecule has 20 heavy (non-hydrogen) atoms. The van der Waals surface area contributed by atoms with Crippen LogP contribution in [-0.2, 0) is 9.47 Å². The van der Waals surface area contributed by atoms with Gasteiger partial charge < -0.3 is 14.8 Å². The van der Waals surface area contributed by atoms with Crippen LogP contribution in [0, 0.1) is 5.41 Å². The van der Waals surface area contributed by atoms with Crippen molar-refractivity contribution < 1.29 is 9.47 Å². The standard InChI is InChI=1S/C16H34N2O2/c1-15(16(2,3)4)20-12-6-8-17-7-5-9-18-10-13-19-14-11-18/h15,17H,5-14H2,1-4H3. The lowest BCUT2D eigenvalue weighted by atomic mass is 9.90. The first-order chi connectivity index (χ1) is 9.50. The lowest BCUT2D eigenvalue weighted by Crippen LogP contribution is -2.37. The minimum absolute atomic E-state index is 0.242. The summed E-state index contributed by atoms with van der Waals surface area (Å²) >= 11 is 0. The largest absolute Gasteiger partial charge is 0.379 e. The molecule has 4 heteroatoms. The molecule has 1 saturated heterocycles. The number of hydrogen-bond acceptors (Lipinski definition) is 4. The summed E-state index contributed by atoms with van der Waals surface area (Å²) in [5.41, 5.74) is 0.242. The Bertz CT molecular complexity index is 235. The summed E-state index contributed by atoms with van der Waals surface area (Å²) in [6, 6.07) is 0. The minimum atomic E-state index is 0.242. The van der Waals surface area contributed by atoms with Gasteiger partial charge in [0.1, 0.15) is 0 Å². The summed E-state index contributed by atoms with van der Waals surface area (Å²) in [5.74, 6) is 0. The third-order valence-electron chi connectivity index (χ3n) is 4.02. The smallest absolute Gasteiger partial charge is 0.0595 e. The van der Waals surface area contributed by atoms with E-state index in [-0.39, 0.29) is 5.41 Å². The number of hydrogen-bond donors (Lipinski definition) is 1. The summed E-state index contributed by atoms with van der Waals surface area (Å²) in [6.07, 6.45) is 2.64. The molecule has 1 aliphatic rings. The number of morpholine rings is 1. The number of ether oxygens (including phenoxy) is 2. The van der Waals surface area contributed by atoms with E-state index >= 15 is 0 Å². The molecule has 1 unspecified atom stereocenters. The van der Waals surface area contributed by atoms with E-state index in [2.05, 4.69) is 37.9 Å². The van der Waals surface area contributed by atoms with E-state index in [0.29, 0.717) is 6.10 Å². The SMILES string of the molecule is CC(OCCCNCCCN1CCOCC1)C(C)(C)C. The van der Waals surface area contributed by atoms with Gasteiger partial charge in [-0.1, -0.05) is 20.8 Å². The van der Waals surface area contributed by atoms with E-state index in [1.807, 2.05) is 0 Å². The molecule has 0 aromatic rings. The van der Waals surface area contributed by atoms with Gasteiger partial charge in [0.25, 0.3) is 0 Å². The van der Waals surface area contributed by atoms with Crippen molar-refractivity contribution in [2.45, 2.75) is 46.6 Å². The second-order valence-electron chi connectivity index (χ2n) is 6.79. The van der Waals surface area contributed by atoms with Crippen LogP contribution >= 0.6 is 0 Å². The quantitative estimate of drug-likeness (QED) is 0.659. The van der Waals surface area contributed by atoms with Crippen LogP contribution in [-0.4, -0.2) is 63.5 Å². The highest BCUT2D eigenvalue weighted by Crippen LogP contribution is 2.21. The maximum Gasteiger partial charge on any atom is 0.0595 e. The molecule has 1 N–H and O–H groups in total. The minimum Gasteiger partial charge on any atom is -0.379 e. The van der Waals surface area contributed by atoms with Crippen LogP contribution < -0.4 is 5.32 Å². The second-order valence-corrected chi connectivity index (χ2v) is 6.79. The number of nitrogens with zero attached hydrogens (tertiary/aromatic N) is 1. The zero-order chi connectivity index (χ0) is 14.8. The zero-order valence-corrected chi connectivity index (χ0v) is 13.9. The molecule has 0 aliphatic carbocycles. The van der Waals surface area contributed by atoms with Crippen molar-refractivity contribution in [2.75, 3.05) is 52.5 Å². The van der Waals surface area contributed by atoms with E-state index < -0.39 is 0 Å². The lowest BCUT2D eigenvalue weighted by molar-refractivity contribution is -0.00560. The van der Waals surface area contributed by atoms with Crippen LogP contribution in [0.5, 0.6) is 0 Å². The van der Waals surface area contributed by atoms with Crippen LogP contribution in [0.1, 0.15) is 40.5 Å². The van der Waals surface area contributed by atoms with Gasteiger partial charge in [-0.25, -0.2) is 0 Å². The van der Waals surface area contributed by atoms with Gasteiger partial charge >= 0.3 is 0 Å². The van der Waals surface area contributed by atoms with Gasteiger partial charge in [0, 0.05) is 19.7 Å². The molecule has 0 amide bonds. The summed E-state index contributed by atoms with van der Waals surface area (Å²) < 4.78 is 11.2. The molecule has 1 heterocycles. The molecule has 0 saturated carbocycles. The summed E-state index contributed by atoms with van der Waals surface area (Å²) in [5, 5.41) is 3.50. The van der Waals surface area contributed by atoms with Gasteiger partial charge in [0.05, 0.1) is 19.3 Å². The Hall–Kier alpha value is -0.160. The van der Waals surface area contributed by atoms with E-state index in [1.165, 1.54) is 13.0 Å². The third-order valence-corrected chi connectivity index (χ3v) is 4.02. The highest BCUT2D eigenvalue weighted by Gasteiger charge is 2.19. The Labute approximate surface area is 125 Å². The van der Waals surface area contributed by atoms with Crippen molar-refractivity contribution in [3.05, 3.63) is 0 Å². The fraction of sp³-hybridized carbons (Fsp3) is 1.00. The van der Waals surface area contributed by atoms with E-state index in [4.69, 9.17) is 9.47 Å². The molecule has 0 spiro atoms. The van der Waals surface area contributed by atoms with Gasteiger partial charge in [-0.05, 0) is 44.8 Å². The first-order valence-corrected chi connectivity index (χ1v) is 8.12. The fourth-order valence-corrected chi connectivity index (χ4v) is 2.08. The van der Waals surface area contributed by atoms with Crippen LogP contribution in [0.3, 0.4) is 0 Å². The summed E-state index contributed by atoms with van der Waals surface area (Å²) in [7, 11) is 0. The van der Waals surface area contributed by atoms with E-state index in [9.17, 15) is 0 Å². The van der Waals surface area contributed by atoms with Gasteiger partial charge in [0.2, 0.25) is 0 Å². The molecular formula is C16H34N2O2. The Morgan fingerprint density at radius 1 is 1.15 bits per heavy atom. The monoisotopic (exact) mass is 286 g/mol. The normalized spacial score (nSPS) is 19.2. The van der Waals surface area contributed by atoms with Crippen molar-refractivity contribution >= 4 is 0 Å². The third kappa shape index (κ3) is 8.20. The van der Waals surface area contributed by atoms with E-state index in [1.54, 1.807) is 0 Å². The molecule has 1 fully saturated rings. The predicted octanol–water partition coefficient (Wildman–Crippen LogP) is 2.14. The molecule has 1 atom stereocenters. The van der Waals surface area contributed by atoms with Crippen molar-refractivity contribution in [3.63, 3.8) is 0 Å². The highest BCUT2D eigenvalue weighted by molar-refractivity contribution is 4.69. The van der Waals surface area contributed by atoms with Crippen molar-refractivity contribution in [1.82, 2.24) is 10.2 Å². The van der Waals surface area contributed by atoms with E-state index in [0.717, 1.165) is 52.4 Å². The van der Waals surface area contributed by atoms with Crippen LogP contribution in [0.2, 0.25) is 0 Å². The zero-order valence-electron chi connectivity index (χ0n) is 13.9. The molecule has 1 aliphatic heterocycles. The summed E-state index contributed by atoms with van der Waals surface area (Å²) in [6.45, 7) is 17.0. The first-order valence-electron chi connectivity index (χ1n) is 8.12.